The summed E-state index contributed by atoms with van der Waals surface area (Å²) in [7, 11) is 5.94. The van der Waals surface area contributed by atoms with Crippen LogP contribution in [0.25, 0.3) is 0 Å². The Kier molecular flexibility index (Phi) is 61.1. The second kappa shape index (κ2) is 63.3. The molecule has 0 aliphatic heterocycles. The zero-order valence-electron chi connectivity index (χ0n) is 54.2. The van der Waals surface area contributed by atoms with E-state index in [0.717, 1.165) is 64.2 Å². The number of esters is 2. The summed E-state index contributed by atoms with van der Waals surface area (Å²) in [6.45, 7) is 4.70. The Morgan fingerprint density at radius 3 is 1.05 bits per heavy atom. The highest BCUT2D eigenvalue weighted by molar-refractivity contribution is 5.70. The number of nitrogens with zero attached hydrogens (tertiary/aromatic N) is 1. The average molecular weight is 1140 g/mol. The molecule has 9 heteroatoms. The molecule has 0 radical (unpaired) electrons. The molecule has 0 aromatic carbocycles. The van der Waals surface area contributed by atoms with Gasteiger partial charge in [0.1, 0.15) is 13.2 Å². The van der Waals surface area contributed by atoms with Gasteiger partial charge in [-0.25, -0.2) is 0 Å². The number of quaternary nitrogens is 1. The van der Waals surface area contributed by atoms with Crippen molar-refractivity contribution in [3.8, 4) is 0 Å². The summed E-state index contributed by atoms with van der Waals surface area (Å²) in [5.74, 6) is -2.25. The summed E-state index contributed by atoms with van der Waals surface area (Å²) < 4.78 is 22.8. The molecule has 0 aliphatic rings. The number of hydrogen-bond donors (Lipinski definition) is 0. The first-order valence-corrected chi connectivity index (χ1v) is 34.8. The maximum absolute atomic E-state index is 12.9. The Hall–Kier alpha value is -2.75. The van der Waals surface area contributed by atoms with Crippen LogP contribution >= 0.6 is 0 Å². The highest BCUT2D eigenvalue weighted by atomic mass is 16.7. The van der Waals surface area contributed by atoms with Crippen molar-refractivity contribution in [2.24, 2.45) is 0 Å². The molecule has 0 rings (SSSR count). The molecule has 2 unspecified atom stereocenters. The summed E-state index contributed by atoms with van der Waals surface area (Å²) in [5.41, 5.74) is 0. The van der Waals surface area contributed by atoms with E-state index in [4.69, 9.17) is 18.9 Å². The third-order valence-electron chi connectivity index (χ3n) is 15.6. The van der Waals surface area contributed by atoms with Crippen LogP contribution in [0.1, 0.15) is 335 Å². The quantitative estimate of drug-likeness (QED) is 0.0195. The van der Waals surface area contributed by atoms with Crippen molar-refractivity contribution >= 4 is 17.9 Å². The van der Waals surface area contributed by atoms with E-state index < -0.39 is 24.3 Å². The molecule has 0 bridgehead atoms. The standard InChI is InChI=1S/C72H133NO8/c1-6-8-10-12-14-16-18-20-22-24-26-28-30-31-32-33-34-35-36-37-38-39-41-43-45-47-49-51-53-55-57-59-61-63-70(75)81-68(67-80-72(71(76)77)78-65-64-73(3,4)5)66-79-69(74)62-60-58-56-54-52-50-48-46-44-42-40-29-27-25-23-21-19-17-15-13-11-9-7-2/h8,10,14,16,20,22,26,28,68,72H,6-7,9,11-13,15,17-19,21,23-25,27,29-67H2,1-5H3/b10-8-,16-14-,22-20-,28-26-. The number of carbonyl (C=O) groups excluding carboxylic acids is 3. The van der Waals surface area contributed by atoms with Crippen LogP contribution in [0.3, 0.4) is 0 Å². The highest BCUT2D eigenvalue weighted by Crippen LogP contribution is 2.19. The average Bonchev–Trinajstić information content (AvgIpc) is 3.44. The van der Waals surface area contributed by atoms with E-state index in [-0.39, 0.29) is 32.2 Å². The molecule has 81 heavy (non-hydrogen) atoms. The molecule has 0 saturated heterocycles. The summed E-state index contributed by atoms with van der Waals surface area (Å²) in [6.07, 6.45) is 77.7. The Labute approximate surface area is 502 Å². The van der Waals surface area contributed by atoms with Crippen LogP contribution in [0.15, 0.2) is 48.6 Å². The fourth-order valence-electron chi connectivity index (χ4n) is 10.3. The Balaban J connectivity index is 4.05. The first-order chi connectivity index (χ1) is 39.6. The zero-order valence-corrected chi connectivity index (χ0v) is 54.2. The third-order valence-corrected chi connectivity index (χ3v) is 15.6. The molecule has 0 aliphatic carbocycles. The van der Waals surface area contributed by atoms with Gasteiger partial charge in [0, 0.05) is 12.8 Å². The first-order valence-electron chi connectivity index (χ1n) is 34.8. The highest BCUT2D eigenvalue weighted by Gasteiger charge is 2.22. The number of allylic oxidation sites excluding steroid dienone is 8. The second-order valence-electron chi connectivity index (χ2n) is 24.8. The molecule has 474 valence electrons. The van der Waals surface area contributed by atoms with Gasteiger partial charge in [-0.2, -0.15) is 0 Å². The van der Waals surface area contributed by atoms with E-state index >= 15 is 0 Å². The molecule has 0 amide bonds. The fourth-order valence-corrected chi connectivity index (χ4v) is 10.3. The van der Waals surface area contributed by atoms with Crippen LogP contribution in [0.2, 0.25) is 0 Å². The lowest BCUT2D eigenvalue weighted by Crippen LogP contribution is -2.44. The number of ether oxygens (including phenoxy) is 4. The molecule has 9 nitrogen and oxygen atoms in total. The SMILES string of the molecule is CC/C=C\C/C=C\C/C=C\C/C=C\CCCCCCCCCCCCCCCCCCCCCCC(=O)OC(COC(=O)CCCCCCCCCCCCCCCCCCCCCCCCC)COC(OCC[N+](C)(C)C)C(=O)[O-]. The molecule has 0 saturated carbocycles. The molecule has 0 N–H and O–H groups in total. The number of carboxylic acid groups (broad SMARTS) is 1. The molecule has 0 aromatic rings. The van der Waals surface area contributed by atoms with E-state index in [1.165, 1.54) is 244 Å². The Morgan fingerprint density at radius 1 is 0.383 bits per heavy atom. The largest absolute Gasteiger partial charge is 0.545 e. The van der Waals surface area contributed by atoms with Crippen molar-refractivity contribution in [2.45, 2.75) is 347 Å². The van der Waals surface area contributed by atoms with Gasteiger partial charge in [-0.3, -0.25) is 9.59 Å². The Bertz CT molecular complexity index is 1470. The second-order valence-corrected chi connectivity index (χ2v) is 24.8. The van der Waals surface area contributed by atoms with Crippen molar-refractivity contribution in [3.05, 3.63) is 48.6 Å². The minimum Gasteiger partial charge on any atom is -0.545 e. The van der Waals surface area contributed by atoms with Gasteiger partial charge < -0.3 is 33.3 Å². The van der Waals surface area contributed by atoms with Crippen molar-refractivity contribution in [1.29, 1.82) is 0 Å². The molecule has 0 aromatic heterocycles. The number of hydrogen-bond acceptors (Lipinski definition) is 8. The minimum atomic E-state index is -1.62. The molecular formula is C72H133NO8. The van der Waals surface area contributed by atoms with Crippen molar-refractivity contribution < 1.29 is 42.9 Å². The lowest BCUT2D eigenvalue weighted by Gasteiger charge is -2.26. The third kappa shape index (κ3) is 64.7. The van der Waals surface area contributed by atoms with Gasteiger partial charge in [-0.15, -0.1) is 0 Å². The molecule has 2 atom stereocenters. The predicted octanol–water partition coefficient (Wildman–Crippen LogP) is 20.0. The van der Waals surface area contributed by atoms with Gasteiger partial charge >= 0.3 is 11.9 Å². The van der Waals surface area contributed by atoms with Crippen LogP contribution in [-0.4, -0.2) is 82.3 Å². The number of carbonyl (C=O) groups is 3. The van der Waals surface area contributed by atoms with Crippen LogP contribution < -0.4 is 5.11 Å². The van der Waals surface area contributed by atoms with Crippen LogP contribution in [0.5, 0.6) is 0 Å². The molecule has 0 heterocycles. The molecule has 0 fully saturated rings. The fraction of sp³-hybridized carbons (Fsp3) is 0.847. The minimum absolute atomic E-state index is 0.150. The summed E-state index contributed by atoms with van der Waals surface area (Å²) >= 11 is 0. The van der Waals surface area contributed by atoms with Crippen LogP contribution in [0.4, 0.5) is 0 Å². The monoisotopic (exact) mass is 1140 g/mol. The number of likely N-dealkylation sites (N-methyl/N-ethyl adjacent to an activating group) is 1. The lowest BCUT2D eigenvalue weighted by atomic mass is 10.0. The van der Waals surface area contributed by atoms with Gasteiger partial charge in [-0.1, -0.05) is 319 Å². The maximum Gasteiger partial charge on any atom is 0.306 e. The van der Waals surface area contributed by atoms with E-state index in [1.807, 2.05) is 21.1 Å². The van der Waals surface area contributed by atoms with Crippen LogP contribution in [-0.2, 0) is 33.3 Å². The number of unbranched alkanes of at least 4 members (excludes halogenated alkanes) is 42. The predicted molar refractivity (Wildman–Crippen MR) is 343 cm³/mol. The van der Waals surface area contributed by atoms with E-state index in [1.54, 1.807) is 0 Å². The van der Waals surface area contributed by atoms with Gasteiger partial charge in [0.2, 0.25) is 0 Å². The topological polar surface area (TPSA) is 111 Å². The van der Waals surface area contributed by atoms with Gasteiger partial charge in [0.25, 0.3) is 0 Å². The van der Waals surface area contributed by atoms with E-state index in [0.29, 0.717) is 17.4 Å². The molecule has 0 spiro atoms. The zero-order chi connectivity index (χ0) is 59.1. The normalized spacial score (nSPS) is 13.0. The van der Waals surface area contributed by atoms with E-state index in [2.05, 4.69) is 62.5 Å². The Morgan fingerprint density at radius 2 is 0.704 bits per heavy atom. The summed E-state index contributed by atoms with van der Waals surface area (Å²) in [5, 5.41) is 11.8. The van der Waals surface area contributed by atoms with Crippen molar-refractivity contribution in [2.75, 3.05) is 47.5 Å². The maximum atomic E-state index is 12.9. The van der Waals surface area contributed by atoms with Gasteiger partial charge in [0.05, 0.1) is 40.3 Å². The number of aliphatic carboxylic acids is 1. The lowest BCUT2D eigenvalue weighted by molar-refractivity contribution is -0.870. The van der Waals surface area contributed by atoms with Gasteiger partial charge in [-0.05, 0) is 51.4 Å². The summed E-state index contributed by atoms with van der Waals surface area (Å²) in [6, 6.07) is 0. The van der Waals surface area contributed by atoms with Crippen LogP contribution in [0, 0.1) is 0 Å². The smallest absolute Gasteiger partial charge is 0.306 e. The van der Waals surface area contributed by atoms with Gasteiger partial charge in [0.15, 0.2) is 12.4 Å². The molecular weight excluding hydrogens is 1010 g/mol. The van der Waals surface area contributed by atoms with E-state index in [9.17, 15) is 19.5 Å². The summed E-state index contributed by atoms with van der Waals surface area (Å²) in [4.78, 5) is 37.5. The first kappa shape index (κ1) is 78.2. The number of carboxylic acids is 1. The number of rotatable bonds is 65. The van der Waals surface area contributed by atoms with Crippen molar-refractivity contribution in [1.82, 2.24) is 0 Å². The van der Waals surface area contributed by atoms with Crippen molar-refractivity contribution in [3.63, 3.8) is 0 Å².